The molecule has 0 amide bonds. The number of hydrogen-bond donors (Lipinski definition) is 2. The van der Waals surface area contributed by atoms with Crippen LogP contribution in [0.2, 0.25) is 0 Å². The maximum absolute atomic E-state index is 12.2. The van der Waals surface area contributed by atoms with Crippen molar-refractivity contribution >= 4 is 0 Å². The molecule has 0 fully saturated rings. The second-order valence-electron chi connectivity index (χ2n) is 15.0. The summed E-state index contributed by atoms with van der Waals surface area (Å²) in [6, 6.07) is 8.62. The van der Waals surface area contributed by atoms with Crippen LogP contribution in [0, 0.1) is 55.4 Å². The maximum atomic E-state index is 12.2. The van der Waals surface area contributed by atoms with Gasteiger partial charge in [-0.25, -0.2) is 0 Å². The van der Waals surface area contributed by atoms with Crippen molar-refractivity contribution in [2.75, 3.05) is 66.1 Å². The van der Waals surface area contributed by atoms with Gasteiger partial charge < -0.3 is 38.6 Å². The molecule has 4 aromatic rings. The Bertz CT molecular complexity index is 1850. The first-order valence-corrected chi connectivity index (χ1v) is 19.4. The lowest BCUT2D eigenvalue weighted by Crippen LogP contribution is -2.15. The molecule has 54 heavy (non-hydrogen) atoms. The number of rotatable bonds is 0. The smallest absolute Gasteiger partial charge is 0.126 e. The number of phenols is 2. The summed E-state index contributed by atoms with van der Waals surface area (Å²) in [7, 11) is 0. The number of aromatic hydroxyl groups is 2. The molecule has 8 nitrogen and oxygen atoms in total. The van der Waals surface area contributed by atoms with Crippen LogP contribution in [0.5, 0.6) is 23.0 Å². The summed E-state index contributed by atoms with van der Waals surface area (Å²) >= 11 is 0. The molecule has 8 heteroatoms. The zero-order valence-corrected chi connectivity index (χ0v) is 33.6. The molecule has 290 valence electrons. The van der Waals surface area contributed by atoms with Crippen molar-refractivity contribution in [2.24, 2.45) is 0 Å². The molecule has 6 rings (SSSR count). The summed E-state index contributed by atoms with van der Waals surface area (Å²) in [5.41, 5.74) is 16.4. The van der Waals surface area contributed by atoms with Gasteiger partial charge in [0.2, 0.25) is 0 Å². The predicted molar refractivity (Wildman–Crippen MR) is 212 cm³/mol. The monoisotopic (exact) mass is 738 g/mol. The van der Waals surface area contributed by atoms with E-state index in [-0.39, 0.29) is 0 Å². The predicted octanol–water partition coefficient (Wildman–Crippen LogP) is 8.08. The van der Waals surface area contributed by atoms with Gasteiger partial charge in [-0.15, -0.1) is 0 Å². The van der Waals surface area contributed by atoms with E-state index < -0.39 is 0 Å². The Labute approximate surface area is 321 Å². The number of hydrogen-bond acceptors (Lipinski definition) is 8. The molecule has 0 saturated carbocycles. The van der Waals surface area contributed by atoms with Crippen molar-refractivity contribution in [1.82, 2.24) is 0 Å². The van der Waals surface area contributed by atoms with Crippen molar-refractivity contribution in [2.45, 2.75) is 81.1 Å². The number of aryl methyl sites for hydroxylation is 4. The Morgan fingerprint density at radius 3 is 0.944 bits per heavy atom. The van der Waals surface area contributed by atoms with Gasteiger partial charge in [0.15, 0.2) is 0 Å². The van der Waals surface area contributed by atoms with Crippen LogP contribution >= 0.6 is 0 Å². The van der Waals surface area contributed by atoms with Crippen molar-refractivity contribution in [3.8, 4) is 23.0 Å². The fourth-order valence-corrected chi connectivity index (χ4v) is 7.85. The first-order chi connectivity index (χ1) is 26.0. The maximum Gasteiger partial charge on any atom is 0.126 e. The first kappa shape index (κ1) is 39.6. The van der Waals surface area contributed by atoms with Crippen LogP contribution in [0.15, 0.2) is 24.3 Å². The highest BCUT2D eigenvalue weighted by molar-refractivity contribution is 5.62. The normalized spacial score (nSPS) is 16.4. The Hall–Kier alpha value is -4.08. The highest BCUT2D eigenvalue weighted by atomic mass is 16.6. The Balaban J connectivity index is 1.59. The van der Waals surface area contributed by atoms with E-state index >= 15 is 0 Å². The van der Waals surface area contributed by atoms with Crippen LogP contribution in [-0.4, -0.2) is 76.3 Å². The molecule has 10 bridgehead atoms. The molecule has 0 atom stereocenters. The van der Waals surface area contributed by atoms with Crippen LogP contribution in [0.25, 0.3) is 0 Å². The number of benzene rings is 4. The standard InChI is InChI=1S/C46H58O8/c1-27-19-35-23-41-33(7)30(4)22-38-26-40-32(6)28(2)20-36(44(40)48)24-42-34(8)29(3)21-37(25-39(31(27)5)43(35)47)45(42)53-17-15-51-13-11-49-9-10-50-12-14-52-16-18-54-46(38)41/h19-22,47-48H,9-18,23-26H2,1-8H3. The minimum atomic E-state index is 0.302. The van der Waals surface area contributed by atoms with E-state index in [0.29, 0.717) is 103 Å². The van der Waals surface area contributed by atoms with Gasteiger partial charge in [0.25, 0.3) is 0 Å². The highest BCUT2D eigenvalue weighted by Crippen LogP contribution is 2.43. The molecule has 2 N–H and O–H groups in total. The lowest BCUT2D eigenvalue weighted by Gasteiger charge is -2.25. The molecular weight excluding hydrogens is 680 g/mol. The van der Waals surface area contributed by atoms with Crippen molar-refractivity contribution < 1.29 is 38.6 Å². The van der Waals surface area contributed by atoms with Gasteiger partial charge in [0.1, 0.15) is 36.2 Å². The molecule has 1 aliphatic carbocycles. The zero-order valence-electron chi connectivity index (χ0n) is 33.6. The van der Waals surface area contributed by atoms with Crippen molar-refractivity contribution in [3.05, 3.63) is 113 Å². The fraction of sp³-hybridized carbons (Fsp3) is 0.478. The third-order valence-electron chi connectivity index (χ3n) is 11.6. The molecule has 0 aromatic heterocycles. The number of fused-ring (bicyclic) bond motifs is 2. The van der Waals surface area contributed by atoms with Crippen LogP contribution in [0.3, 0.4) is 0 Å². The topological polar surface area (TPSA) is 95.8 Å². The van der Waals surface area contributed by atoms with Crippen LogP contribution in [-0.2, 0) is 44.6 Å². The lowest BCUT2D eigenvalue weighted by molar-refractivity contribution is -0.00707. The van der Waals surface area contributed by atoms with E-state index in [4.69, 9.17) is 28.4 Å². The lowest BCUT2D eigenvalue weighted by atomic mass is 9.84. The van der Waals surface area contributed by atoms with Gasteiger partial charge >= 0.3 is 0 Å². The summed E-state index contributed by atoms with van der Waals surface area (Å²) in [4.78, 5) is 0. The third-order valence-corrected chi connectivity index (χ3v) is 11.6. The molecule has 2 aliphatic rings. The largest absolute Gasteiger partial charge is 0.507 e. The minimum Gasteiger partial charge on any atom is -0.507 e. The van der Waals surface area contributed by atoms with E-state index in [1.54, 1.807) is 0 Å². The van der Waals surface area contributed by atoms with Gasteiger partial charge in [-0.1, -0.05) is 24.3 Å². The van der Waals surface area contributed by atoms with Crippen molar-refractivity contribution in [1.29, 1.82) is 0 Å². The van der Waals surface area contributed by atoms with Crippen LogP contribution < -0.4 is 9.47 Å². The SMILES string of the molecule is Cc1cc2c(O)c(c1C)Cc1cc(C)c(C)c3c1OCCOCCOCCOCCOCCOc1c(cc(C)c(C)c1C2)Cc1c(C)c(C)cc(c1O)C3. The van der Waals surface area contributed by atoms with Gasteiger partial charge in [-0.3, -0.25) is 0 Å². The van der Waals surface area contributed by atoms with Crippen molar-refractivity contribution in [3.63, 3.8) is 0 Å². The molecule has 1 heterocycles. The Morgan fingerprint density at radius 2 is 0.611 bits per heavy atom. The third kappa shape index (κ3) is 8.57. The fourth-order valence-electron chi connectivity index (χ4n) is 7.85. The summed E-state index contributed by atoms with van der Waals surface area (Å²) in [6.45, 7) is 21.2. The van der Waals surface area contributed by atoms with E-state index in [1.165, 1.54) is 0 Å². The highest BCUT2D eigenvalue weighted by Gasteiger charge is 2.26. The van der Waals surface area contributed by atoms with E-state index in [1.807, 2.05) is 0 Å². The summed E-state index contributed by atoms with van der Waals surface area (Å²) in [5, 5.41) is 24.4. The molecule has 4 aromatic carbocycles. The van der Waals surface area contributed by atoms with Crippen LogP contribution in [0.1, 0.15) is 89.0 Å². The minimum absolute atomic E-state index is 0.302. The first-order valence-electron chi connectivity index (χ1n) is 19.4. The zero-order chi connectivity index (χ0) is 38.5. The van der Waals surface area contributed by atoms with Gasteiger partial charge in [0.05, 0.1) is 52.9 Å². The second kappa shape index (κ2) is 17.6. The quantitative estimate of drug-likeness (QED) is 0.165. The number of ether oxygens (including phenoxy) is 6. The van der Waals surface area contributed by atoms with Gasteiger partial charge in [-0.05, 0) is 122 Å². The Kier molecular flexibility index (Phi) is 12.9. The van der Waals surface area contributed by atoms with Gasteiger partial charge in [-0.2, -0.15) is 0 Å². The molecule has 0 unspecified atom stereocenters. The summed E-state index contributed by atoms with van der Waals surface area (Å²) < 4.78 is 36.7. The van der Waals surface area contributed by atoms with Crippen LogP contribution in [0.4, 0.5) is 0 Å². The molecule has 0 spiro atoms. The second-order valence-corrected chi connectivity index (χ2v) is 15.0. The van der Waals surface area contributed by atoms with Gasteiger partial charge in [0, 0.05) is 47.9 Å². The Morgan fingerprint density at radius 1 is 0.352 bits per heavy atom. The van der Waals surface area contributed by atoms with E-state index in [0.717, 1.165) is 101 Å². The molecule has 0 saturated heterocycles. The molecule has 0 radical (unpaired) electrons. The molecular formula is C46H58O8. The molecule has 1 aliphatic heterocycles. The summed E-state index contributed by atoms with van der Waals surface area (Å²) in [6.07, 6.45) is 1.93. The average Bonchev–Trinajstić information content (AvgIpc) is 3.14. The van der Waals surface area contributed by atoms with E-state index in [9.17, 15) is 10.2 Å². The number of phenolic OH excluding ortho intramolecular Hbond substituents is 2. The van der Waals surface area contributed by atoms with E-state index in [2.05, 4.69) is 79.7 Å². The summed E-state index contributed by atoms with van der Waals surface area (Å²) in [5.74, 6) is 2.17. The average molecular weight is 739 g/mol.